The maximum absolute atomic E-state index is 5.92. The summed E-state index contributed by atoms with van der Waals surface area (Å²) < 4.78 is 17.4. The first-order chi connectivity index (χ1) is 13.3. The Bertz CT molecular complexity index is 732. The molecule has 2 saturated heterocycles. The number of ether oxygens (including phenoxy) is 3. The van der Waals surface area contributed by atoms with E-state index in [4.69, 9.17) is 19.9 Å². The minimum absolute atomic E-state index is 0.231. The van der Waals surface area contributed by atoms with Gasteiger partial charge in [-0.3, -0.25) is 5.43 Å². The number of nitrogen functional groups attached to an aromatic ring is 1. The van der Waals surface area contributed by atoms with E-state index in [2.05, 4.69) is 23.0 Å². The van der Waals surface area contributed by atoms with Crippen LogP contribution >= 0.6 is 0 Å². The minimum Gasteiger partial charge on any atom is -0.492 e. The summed E-state index contributed by atoms with van der Waals surface area (Å²) in [6, 6.07) is 16.2. The second kappa shape index (κ2) is 8.61. The van der Waals surface area contributed by atoms with Crippen LogP contribution in [0.2, 0.25) is 0 Å². The number of hydrogen-bond donors (Lipinski definition) is 3. The Kier molecular flexibility index (Phi) is 5.77. The average Bonchev–Trinajstić information content (AvgIpc) is 3.38. The molecule has 6 nitrogen and oxygen atoms in total. The van der Waals surface area contributed by atoms with Gasteiger partial charge in [0.15, 0.2) is 0 Å². The van der Waals surface area contributed by atoms with Gasteiger partial charge in [-0.25, -0.2) is 5.43 Å². The first kappa shape index (κ1) is 18.1. The van der Waals surface area contributed by atoms with Crippen LogP contribution in [0.25, 0.3) is 0 Å². The standard InChI is InChI=1S/C21H27N3O3/c22-16-6-8-18(9-7-16)26-13-17-12-21(24-23-17)15-3-1-4-19(11-15)27-14-20-5-2-10-25-20/h1,3-4,6-9,11,17,20-21,23-24H,2,5,10,12-14,22H2. The molecule has 2 aliphatic rings. The van der Waals surface area contributed by atoms with Crippen molar-refractivity contribution in [2.45, 2.75) is 37.5 Å². The Labute approximate surface area is 160 Å². The molecule has 3 unspecified atom stereocenters. The van der Waals surface area contributed by atoms with Crippen molar-refractivity contribution in [3.05, 3.63) is 54.1 Å². The van der Waals surface area contributed by atoms with Gasteiger partial charge in [-0.1, -0.05) is 12.1 Å². The van der Waals surface area contributed by atoms with Crippen LogP contribution < -0.4 is 26.1 Å². The first-order valence-electron chi connectivity index (χ1n) is 9.60. The lowest BCUT2D eigenvalue weighted by molar-refractivity contribution is 0.0679. The Morgan fingerprint density at radius 2 is 1.85 bits per heavy atom. The highest BCUT2D eigenvalue weighted by Crippen LogP contribution is 2.26. The summed E-state index contributed by atoms with van der Waals surface area (Å²) in [5.74, 6) is 1.73. The Morgan fingerprint density at radius 1 is 1.00 bits per heavy atom. The van der Waals surface area contributed by atoms with Crippen molar-refractivity contribution in [3.63, 3.8) is 0 Å². The lowest BCUT2D eigenvalue weighted by Crippen LogP contribution is -2.34. The van der Waals surface area contributed by atoms with Crippen molar-refractivity contribution in [3.8, 4) is 11.5 Å². The number of nitrogens with two attached hydrogens (primary N) is 1. The third-order valence-corrected chi connectivity index (χ3v) is 5.03. The minimum atomic E-state index is 0.231. The summed E-state index contributed by atoms with van der Waals surface area (Å²) in [7, 11) is 0. The molecule has 144 valence electrons. The van der Waals surface area contributed by atoms with Gasteiger partial charge < -0.3 is 19.9 Å². The van der Waals surface area contributed by atoms with Crippen molar-refractivity contribution in [1.82, 2.24) is 10.9 Å². The fraction of sp³-hybridized carbons (Fsp3) is 0.429. The van der Waals surface area contributed by atoms with Crippen LogP contribution in [0.1, 0.15) is 30.9 Å². The molecule has 0 bridgehead atoms. The van der Waals surface area contributed by atoms with Crippen LogP contribution in [0.5, 0.6) is 11.5 Å². The van der Waals surface area contributed by atoms with Gasteiger partial charge in [0, 0.05) is 18.3 Å². The van der Waals surface area contributed by atoms with Crippen LogP contribution in [0.15, 0.2) is 48.5 Å². The van der Waals surface area contributed by atoms with Crippen LogP contribution in [0.3, 0.4) is 0 Å². The third-order valence-electron chi connectivity index (χ3n) is 5.03. The zero-order chi connectivity index (χ0) is 18.5. The average molecular weight is 369 g/mol. The Hall–Kier alpha value is -2.28. The summed E-state index contributed by atoms with van der Waals surface area (Å²) in [6.07, 6.45) is 3.40. The van der Waals surface area contributed by atoms with Gasteiger partial charge in [0.25, 0.3) is 0 Å². The number of nitrogens with one attached hydrogen (secondary N) is 2. The van der Waals surface area contributed by atoms with Gasteiger partial charge in [0.05, 0.1) is 12.1 Å². The normalized spacial score (nSPS) is 24.8. The molecule has 0 amide bonds. The highest BCUT2D eigenvalue weighted by molar-refractivity contribution is 5.41. The van der Waals surface area contributed by atoms with Gasteiger partial charge >= 0.3 is 0 Å². The second-order valence-electron chi connectivity index (χ2n) is 7.17. The van der Waals surface area contributed by atoms with Crippen LogP contribution in [-0.2, 0) is 4.74 Å². The molecule has 2 fully saturated rings. The summed E-state index contributed by atoms with van der Waals surface area (Å²) in [4.78, 5) is 0. The molecule has 0 saturated carbocycles. The molecule has 0 aromatic heterocycles. The Morgan fingerprint density at radius 3 is 2.67 bits per heavy atom. The highest BCUT2D eigenvalue weighted by Gasteiger charge is 2.26. The van der Waals surface area contributed by atoms with Gasteiger partial charge in [-0.15, -0.1) is 0 Å². The molecule has 2 aromatic carbocycles. The molecule has 2 aromatic rings. The molecule has 0 aliphatic carbocycles. The quantitative estimate of drug-likeness (QED) is 0.652. The SMILES string of the molecule is Nc1ccc(OCC2CC(c3cccc(OCC4CCCO4)c3)NN2)cc1. The molecule has 2 aliphatic heterocycles. The van der Waals surface area contributed by atoms with Crippen molar-refractivity contribution in [1.29, 1.82) is 0 Å². The molecule has 4 N–H and O–H groups in total. The number of hydrogen-bond acceptors (Lipinski definition) is 6. The summed E-state index contributed by atoms with van der Waals surface area (Å²) >= 11 is 0. The molecule has 3 atom stereocenters. The van der Waals surface area contributed by atoms with E-state index in [9.17, 15) is 0 Å². The van der Waals surface area contributed by atoms with Crippen LogP contribution in [0, 0.1) is 0 Å². The smallest absolute Gasteiger partial charge is 0.119 e. The van der Waals surface area contributed by atoms with E-state index in [1.54, 1.807) is 0 Å². The van der Waals surface area contributed by atoms with Crippen molar-refractivity contribution in [2.24, 2.45) is 0 Å². The molecule has 0 spiro atoms. The van der Waals surface area contributed by atoms with E-state index in [1.807, 2.05) is 36.4 Å². The van der Waals surface area contributed by atoms with E-state index in [1.165, 1.54) is 5.56 Å². The van der Waals surface area contributed by atoms with E-state index in [0.29, 0.717) is 13.2 Å². The summed E-state index contributed by atoms with van der Waals surface area (Å²) in [6.45, 7) is 2.08. The molecule has 6 heteroatoms. The van der Waals surface area contributed by atoms with Crippen LogP contribution in [0.4, 0.5) is 5.69 Å². The number of rotatable bonds is 7. The molecular weight excluding hydrogens is 342 g/mol. The number of benzene rings is 2. The zero-order valence-corrected chi connectivity index (χ0v) is 15.4. The predicted octanol–water partition coefficient (Wildman–Crippen LogP) is 2.81. The fourth-order valence-corrected chi connectivity index (χ4v) is 3.50. The van der Waals surface area contributed by atoms with E-state index in [-0.39, 0.29) is 18.2 Å². The monoisotopic (exact) mass is 369 g/mol. The van der Waals surface area contributed by atoms with Crippen molar-refractivity contribution in [2.75, 3.05) is 25.6 Å². The zero-order valence-electron chi connectivity index (χ0n) is 15.4. The maximum atomic E-state index is 5.92. The second-order valence-corrected chi connectivity index (χ2v) is 7.17. The lowest BCUT2D eigenvalue weighted by Gasteiger charge is -2.14. The van der Waals surface area contributed by atoms with Crippen LogP contribution in [-0.4, -0.2) is 32.0 Å². The number of hydrazine groups is 1. The largest absolute Gasteiger partial charge is 0.492 e. The Balaban J connectivity index is 1.27. The summed E-state index contributed by atoms with van der Waals surface area (Å²) in [5.41, 5.74) is 14.3. The lowest BCUT2D eigenvalue weighted by atomic mass is 10.0. The summed E-state index contributed by atoms with van der Waals surface area (Å²) in [5, 5.41) is 0. The van der Waals surface area contributed by atoms with Crippen molar-refractivity contribution < 1.29 is 14.2 Å². The van der Waals surface area contributed by atoms with E-state index in [0.717, 1.165) is 43.1 Å². The van der Waals surface area contributed by atoms with Gasteiger partial charge in [-0.2, -0.15) is 0 Å². The van der Waals surface area contributed by atoms with E-state index < -0.39 is 0 Å². The fourth-order valence-electron chi connectivity index (χ4n) is 3.50. The van der Waals surface area contributed by atoms with Gasteiger partial charge in [0.2, 0.25) is 0 Å². The first-order valence-corrected chi connectivity index (χ1v) is 9.60. The maximum Gasteiger partial charge on any atom is 0.119 e. The number of anilines is 1. The topological polar surface area (TPSA) is 77.8 Å². The van der Waals surface area contributed by atoms with Crippen molar-refractivity contribution >= 4 is 5.69 Å². The third kappa shape index (κ3) is 4.91. The highest BCUT2D eigenvalue weighted by atomic mass is 16.5. The molecule has 0 radical (unpaired) electrons. The molecule has 2 heterocycles. The molecule has 27 heavy (non-hydrogen) atoms. The molecule has 4 rings (SSSR count). The van der Waals surface area contributed by atoms with E-state index >= 15 is 0 Å². The van der Waals surface area contributed by atoms with Gasteiger partial charge in [-0.05, 0) is 61.2 Å². The predicted molar refractivity (Wildman–Crippen MR) is 105 cm³/mol. The molecular formula is C21H27N3O3. The van der Waals surface area contributed by atoms with Gasteiger partial charge in [0.1, 0.15) is 24.7 Å².